The van der Waals surface area contributed by atoms with Crippen LogP contribution in [0.4, 0.5) is 5.69 Å². The minimum atomic E-state index is 0.524. The van der Waals surface area contributed by atoms with Crippen LogP contribution in [0.2, 0.25) is 10.0 Å². The van der Waals surface area contributed by atoms with Crippen LogP contribution in [-0.2, 0) is 0 Å². The van der Waals surface area contributed by atoms with Gasteiger partial charge in [0.2, 0.25) is 0 Å². The average Bonchev–Trinajstić information content (AvgIpc) is 2.48. The molecule has 2 aromatic rings. The van der Waals surface area contributed by atoms with Gasteiger partial charge < -0.3 is 15.2 Å². The quantitative estimate of drug-likeness (QED) is 0.586. The van der Waals surface area contributed by atoms with Gasteiger partial charge in [-0.05, 0) is 37.1 Å². The van der Waals surface area contributed by atoms with E-state index >= 15 is 0 Å². The molecule has 0 bridgehead atoms. The van der Waals surface area contributed by atoms with Gasteiger partial charge in [-0.15, -0.1) is 0 Å². The Hall–Kier alpha value is -1.58. The molecule has 0 aliphatic carbocycles. The second-order valence-corrected chi connectivity index (χ2v) is 5.33. The SMILES string of the molecule is Nc1cc(OCCCCOc2ccccc2Cl)ccc1Cl. The highest BCUT2D eigenvalue weighted by atomic mass is 35.5. The molecule has 0 radical (unpaired) electrons. The van der Waals surface area contributed by atoms with Crippen LogP contribution in [0.1, 0.15) is 12.8 Å². The predicted octanol–water partition coefficient (Wildman–Crippen LogP) is 4.81. The Labute approximate surface area is 134 Å². The van der Waals surface area contributed by atoms with Gasteiger partial charge in [0.1, 0.15) is 11.5 Å². The minimum absolute atomic E-state index is 0.524. The third kappa shape index (κ3) is 5.03. The molecule has 3 nitrogen and oxygen atoms in total. The lowest BCUT2D eigenvalue weighted by molar-refractivity contribution is 0.266. The zero-order chi connectivity index (χ0) is 15.1. The van der Waals surface area contributed by atoms with Crippen molar-refractivity contribution < 1.29 is 9.47 Å². The van der Waals surface area contributed by atoms with E-state index in [1.165, 1.54) is 0 Å². The highest BCUT2D eigenvalue weighted by Gasteiger charge is 2.01. The molecular formula is C16H17Cl2NO2. The van der Waals surface area contributed by atoms with E-state index in [1.807, 2.05) is 24.3 Å². The lowest BCUT2D eigenvalue weighted by Gasteiger charge is -2.09. The lowest BCUT2D eigenvalue weighted by atomic mass is 10.3. The summed E-state index contributed by atoms with van der Waals surface area (Å²) >= 11 is 11.8. The Bertz CT molecular complexity index is 590. The maximum Gasteiger partial charge on any atom is 0.137 e. The molecule has 0 saturated carbocycles. The summed E-state index contributed by atoms with van der Waals surface area (Å²) in [6, 6.07) is 12.7. The van der Waals surface area contributed by atoms with E-state index in [4.69, 9.17) is 38.4 Å². The van der Waals surface area contributed by atoms with Crippen LogP contribution in [0.25, 0.3) is 0 Å². The molecule has 0 atom stereocenters. The van der Waals surface area contributed by atoms with Crippen molar-refractivity contribution in [3.8, 4) is 11.5 Å². The number of nitrogens with two attached hydrogens (primary N) is 1. The topological polar surface area (TPSA) is 44.5 Å². The largest absolute Gasteiger partial charge is 0.494 e. The van der Waals surface area contributed by atoms with Crippen LogP contribution < -0.4 is 15.2 Å². The highest BCUT2D eigenvalue weighted by molar-refractivity contribution is 6.33. The Morgan fingerprint density at radius 1 is 0.857 bits per heavy atom. The Morgan fingerprint density at radius 3 is 2.29 bits per heavy atom. The van der Waals surface area contributed by atoms with Gasteiger partial charge in [0, 0.05) is 6.07 Å². The zero-order valence-corrected chi connectivity index (χ0v) is 13.0. The van der Waals surface area contributed by atoms with E-state index in [0.29, 0.717) is 34.7 Å². The number of benzene rings is 2. The van der Waals surface area contributed by atoms with Crippen LogP contribution in [0, 0.1) is 0 Å². The van der Waals surface area contributed by atoms with E-state index in [0.717, 1.165) is 18.6 Å². The molecule has 5 heteroatoms. The summed E-state index contributed by atoms with van der Waals surface area (Å²) in [4.78, 5) is 0. The molecule has 2 N–H and O–H groups in total. The van der Waals surface area contributed by atoms with Gasteiger partial charge in [-0.1, -0.05) is 35.3 Å². The molecule has 112 valence electrons. The van der Waals surface area contributed by atoms with Crippen molar-refractivity contribution in [3.05, 3.63) is 52.5 Å². The first kappa shape index (κ1) is 15.8. The van der Waals surface area contributed by atoms with Crippen LogP contribution >= 0.6 is 23.2 Å². The maximum absolute atomic E-state index is 6.00. The van der Waals surface area contributed by atoms with Gasteiger partial charge in [-0.25, -0.2) is 0 Å². The predicted molar refractivity (Wildman–Crippen MR) is 87.5 cm³/mol. The van der Waals surface area contributed by atoms with Crippen molar-refractivity contribution >= 4 is 28.9 Å². The van der Waals surface area contributed by atoms with E-state index in [9.17, 15) is 0 Å². The van der Waals surface area contributed by atoms with Crippen molar-refractivity contribution in [2.45, 2.75) is 12.8 Å². The first-order chi connectivity index (χ1) is 10.2. The van der Waals surface area contributed by atoms with Crippen molar-refractivity contribution in [2.75, 3.05) is 18.9 Å². The van der Waals surface area contributed by atoms with Crippen molar-refractivity contribution in [3.63, 3.8) is 0 Å². The molecule has 0 fully saturated rings. The number of rotatable bonds is 7. The first-order valence-corrected chi connectivity index (χ1v) is 7.47. The molecule has 0 aliphatic rings. The minimum Gasteiger partial charge on any atom is -0.494 e. The maximum atomic E-state index is 6.00. The summed E-state index contributed by atoms with van der Waals surface area (Å²) in [6.45, 7) is 1.21. The van der Waals surface area contributed by atoms with Gasteiger partial charge in [0.15, 0.2) is 0 Å². The second kappa shape index (κ2) is 8.01. The van der Waals surface area contributed by atoms with Crippen molar-refractivity contribution in [1.29, 1.82) is 0 Å². The summed E-state index contributed by atoms with van der Waals surface area (Å²) < 4.78 is 11.2. The van der Waals surface area contributed by atoms with Crippen LogP contribution in [-0.4, -0.2) is 13.2 Å². The smallest absolute Gasteiger partial charge is 0.137 e. The molecule has 0 unspecified atom stereocenters. The molecule has 0 amide bonds. The third-order valence-electron chi connectivity index (χ3n) is 2.87. The van der Waals surface area contributed by atoms with E-state index < -0.39 is 0 Å². The fourth-order valence-electron chi connectivity index (χ4n) is 1.75. The van der Waals surface area contributed by atoms with Gasteiger partial charge in [0.05, 0.1) is 28.9 Å². The molecule has 21 heavy (non-hydrogen) atoms. The number of halogens is 2. The van der Waals surface area contributed by atoms with Crippen LogP contribution in [0.15, 0.2) is 42.5 Å². The monoisotopic (exact) mass is 325 g/mol. The summed E-state index contributed by atoms with van der Waals surface area (Å²) in [7, 11) is 0. The average molecular weight is 326 g/mol. The Balaban J connectivity index is 1.64. The van der Waals surface area contributed by atoms with Crippen molar-refractivity contribution in [1.82, 2.24) is 0 Å². The first-order valence-electron chi connectivity index (χ1n) is 6.72. The molecule has 0 spiro atoms. The lowest BCUT2D eigenvalue weighted by Crippen LogP contribution is -2.03. The molecule has 0 aliphatic heterocycles. The summed E-state index contributed by atoms with van der Waals surface area (Å²) in [5, 5.41) is 1.17. The van der Waals surface area contributed by atoms with Gasteiger partial charge >= 0.3 is 0 Å². The summed E-state index contributed by atoms with van der Waals surface area (Å²) in [6.07, 6.45) is 1.77. The fraction of sp³-hybridized carbons (Fsp3) is 0.250. The van der Waals surface area contributed by atoms with Crippen LogP contribution in [0.5, 0.6) is 11.5 Å². The number of hydrogen-bond donors (Lipinski definition) is 1. The Kier molecular flexibility index (Phi) is 6.03. The van der Waals surface area contributed by atoms with Gasteiger partial charge in [0.25, 0.3) is 0 Å². The van der Waals surface area contributed by atoms with E-state index in [-0.39, 0.29) is 0 Å². The van der Waals surface area contributed by atoms with E-state index in [2.05, 4.69) is 0 Å². The second-order valence-electron chi connectivity index (χ2n) is 4.52. The summed E-state index contributed by atoms with van der Waals surface area (Å²) in [5.74, 6) is 1.44. The van der Waals surface area contributed by atoms with E-state index in [1.54, 1.807) is 18.2 Å². The molecule has 2 rings (SSSR count). The molecular weight excluding hydrogens is 309 g/mol. The molecule has 0 saturated heterocycles. The standard InChI is InChI=1S/C16H17Cl2NO2/c17-13-8-7-12(11-15(13)19)20-9-3-4-10-21-16-6-2-1-5-14(16)18/h1-2,5-8,11H,3-4,9-10,19H2. The molecule has 0 aromatic heterocycles. The van der Waals surface area contributed by atoms with Gasteiger partial charge in [-0.2, -0.15) is 0 Å². The number of para-hydroxylation sites is 1. The number of hydrogen-bond acceptors (Lipinski definition) is 3. The zero-order valence-electron chi connectivity index (χ0n) is 11.5. The molecule has 0 heterocycles. The fourth-order valence-corrected chi connectivity index (χ4v) is 2.06. The normalized spacial score (nSPS) is 10.4. The number of unbranched alkanes of at least 4 members (excludes halogenated alkanes) is 1. The highest BCUT2D eigenvalue weighted by Crippen LogP contribution is 2.24. The number of anilines is 1. The Morgan fingerprint density at radius 2 is 1.57 bits per heavy atom. The molecule has 2 aromatic carbocycles. The van der Waals surface area contributed by atoms with Gasteiger partial charge in [-0.3, -0.25) is 0 Å². The van der Waals surface area contributed by atoms with Crippen molar-refractivity contribution in [2.24, 2.45) is 0 Å². The number of nitrogen functional groups attached to an aromatic ring is 1. The van der Waals surface area contributed by atoms with Crippen LogP contribution in [0.3, 0.4) is 0 Å². The summed E-state index contributed by atoms with van der Waals surface area (Å²) in [5.41, 5.74) is 6.23. The number of ether oxygens (including phenoxy) is 2. The third-order valence-corrected chi connectivity index (χ3v) is 3.53.